The van der Waals surface area contributed by atoms with E-state index >= 15 is 0 Å². The van der Waals surface area contributed by atoms with Gasteiger partial charge in [-0.3, -0.25) is 4.90 Å². The lowest BCUT2D eigenvalue weighted by molar-refractivity contribution is -0.108. The third-order valence-corrected chi connectivity index (χ3v) is 4.94. The molecule has 0 amide bonds. The Balaban J connectivity index is 1.73. The van der Waals surface area contributed by atoms with E-state index in [-0.39, 0.29) is 0 Å². The number of carbonyl (C=O) groups is 1. The number of carbonyl (C=O) groups excluding carboxylic acids is 1. The molecule has 0 N–H and O–H groups in total. The van der Waals surface area contributed by atoms with Gasteiger partial charge in [0.05, 0.1) is 0 Å². The molecule has 0 bridgehead atoms. The molecule has 2 aliphatic rings. The average Bonchev–Trinajstić information content (AvgIpc) is 2.94. The predicted octanol–water partition coefficient (Wildman–Crippen LogP) is 3.93. The van der Waals surface area contributed by atoms with Crippen LogP contribution in [0.4, 0.5) is 0 Å². The second-order valence-corrected chi connectivity index (χ2v) is 6.17. The van der Waals surface area contributed by atoms with E-state index in [0.29, 0.717) is 6.04 Å². The van der Waals surface area contributed by atoms with Crippen molar-refractivity contribution < 1.29 is 4.79 Å². The first-order valence-corrected chi connectivity index (χ1v) is 8.08. The van der Waals surface area contributed by atoms with Gasteiger partial charge in [0.15, 0.2) is 0 Å². The van der Waals surface area contributed by atoms with Gasteiger partial charge in [0.25, 0.3) is 0 Å². The van der Waals surface area contributed by atoms with E-state index in [1.54, 1.807) is 0 Å². The number of nitrogens with zero attached hydrogens (tertiary/aromatic N) is 1. The van der Waals surface area contributed by atoms with Crippen molar-refractivity contribution in [2.75, 3.05) is 0 Å². The molecule has 0 unspecified atom stereocenters. The summed E-state index contributed by atoms with van der Waals surface area (Å²) in [6, 6.07) is 2.19. The molecule has 2 fully saturated rings. The van der Waals surface area contributed by atoms with Crippen LogP contribution in [0.5, 0.6) is 0 Å². The third-order valence-electron chi connectivity index (χ3n) is 4.94. The Morgan fingerprint density at radius 2 is 1.72 bits per heavy atom. The highest BCUT2D eigenvalue weighted by atomic mass is 16.1. The number of unbranched alkanes of at least 4 members (excludes halogenated alkanes) is 4. The molecule has 2 saturated heterocycles. The fourth-order valence-electron chi connectivity index (χ4n) is 4.03. The van der Waals surface area contributed by atoms with Crippen LogP contribution < -0.4 is 0 Å². The van der Waals surface area contributed by atoms with Crippen LogP contribution in [-0.4, -0.2) is 29.3 Å². The van der Waals surface area contributed by atoms with Crippen LogP contribution in [-0.2, 0) is 4.79 Å². The normalized spacial score (nSPS) is 31.7. The molecule has 2 rings (SSSR count). The minimum absolute atomic E-state index is 0.579. The lowest BCUT2D eigenvalue weighted by Gasteiger charge is -2.29. The maximum absolute atomic E-state index is 10.8. The number of hydrogen-bond donors (Lipinski definition) is 0. The van der Waals surface area contributed by atoms with Gasteiger partial charge in [0.2, 0.25) is 0 Å². The zero-order chi connectivity index (χ0) is 12.8. The maximum Gasteiger partial charge on any atom is 0.121 e. The third kappa shape index (κ3) is 3.34. The van der Waals surface area contributed by atoms with E-state index < -0.39 is 0 Å². The van der Waals surface area contributed by atoms with Crippen LogP contribution in [0.1, 0.15) is 77.6 Å². The van der Waals surface area contributed by atoms with Crippen molar-refractivity contribution in [1.29, 1.82) is 0 Å². The van der Waals surface area contributed by atoms with Crippen molar-refractivity contribution in [1.82, 2.24) is 4.90 Å². The highest BCUT2D eigenvalue weighted by Gasteiger charge is 2.41. The Hall–Kier alpha value is -0.370. The minimum atomic E-state index is 0.579. The summed E-state index contributed by atoms with van der Waals surface area (Å²) in [5.41, 5.74) is 0. The van der Waals surface area contributed by atoms with Gasteiger partial charge >= 0.3 is 0 Å². The van der Waals surface area contributed by atoms with E-state index in [9.17, 15) is 4.79 Å². The molecule has 0 radical (unpaired) electrons. The van der Waals surface area contributed by atoms with Crippen molar-refractivity contribution >= 4 is 6.29 Å². The Bertz CT molecular complexity index is 253. The Labute approximate surface area is 112 Å². The number of aldehydes is 1. The molecular weight excluding hydrogens is 222 g/mol. The topological polar surface area (TPSA) is 20.3 Å². The van der Waals surface area contributed by atoms with Gasteiger partial charge in [-0.1, -0.05) is 39.0 Å². The van der Waals surface area contributed by atoms with Crippen molar-refractivity contribution in [3.63, 3.8) is 0 Å². The van der Waals surface area contributed by atoms with Crippen LogP contribution >= 0.6 is 0 Å². The van der Waals surface area contributed by atoms with Crippen LogP contribution in [0, 0.1) is 0 Å². The van der Waals surface area contributed by atoms with E-state index in [0.717, 1.165) is 24.8 Å². The van der Waals surface area contributed by atoms with Gasteiger partial charge in [0.1, 0.15) is 6.29 Å². The number of rotatable bonds is 8. The zero-order valence-corrected chi connectivity index (χ0v) is 11.9. The summed E-state index contributed by atoms with van der Waals surface area (Å²) in [6.45, 7) is 2.27. The SMILES string of the molecule is CCCCCCC[C@H]1CC[C@H]2CC[C@H](CC=O)N21. The summed E-state index contributed by atoms with van der Waals surface area (Å²) in [5.74, 6) is 0. The summed E-state index contributed by atoms with van der Waals surface area (Å²) < 4.78 is 0. The standard InChI is InChI=1S/C16H29NO/c1-2-3-4-5-6-7-14-8-9-15-10-11-16(12-13-18)17(14)15/h13-16H,2-12H2,1H3/t14-,15-,16+/m0/s1. The second-order valence-electron chi connectivity index (χ2n) is 6.17. The summed E-state index contributed by atoms with van der Waals surface area (Å²) in [6.07, 6.45) is 15.6. The van der Waals surface area contributed by atoms with Crippen molar-refractivity contribution in [3.05, 3.63) is 0 Å². The van der Waals surface area contributed by atoms with Gasteiger partial charge in [-0.2, -0.15) is 0 Å². The van der Waals surface area contributed by atoms with Crippen molar-refractivity contribution in [2.45, 2.75) is 95.7 Å². The van der Waals surface area contributed by atoms with Crippen molar-refractivity contribution in [2.24, 2.45) is 0 Å². The Morgan fingerprint density at radius 1 is 1.00 bits per heavy atom. The molecule has 3 atom stereocenters. The molecule has 2 nitrogen and oxygen atoms in total. The van der Waals surface area contributed by atoms with Gasteiger partial charge in [-0.15, -0.1) is 0 Å². The van der Waals surface area contributed by atoms with E-state index in [2.05, 4.69) is 11.8 Å². The average molecular weight is 251 g/mol. The molecule has 2 aliphatic heterocycles. The summed E-state index contributed by atoms with van der Waals surface area (Å²) in [5, 5.41) is 0. The first kappa shape index (κ1) is 14.0. The van der Waals surface area contributed by atoms with E-state index in [4.69, 9.17) is 0 Å². The van der Waals surface area contributed by atoms with E-state index in [1.165, 1.54) is 64.2 Å². The van der Waals surface area contributed by atoms with Crippen LogP contribution in [0.2, 0.25) is 0 Å². The number of hydrogen-bond acceptors (Lipinski definition) is 2. The van der Waals surface area contributed by atoms with E-state index in [1.807, 2.05) is 0 Å². The first-order chi connectivity index (χ1) is 8.86. The molecule has 18 heavy (non-hydrogen) atoms. The molecule has 0 aliphatic carbocycles. The molecule has 2 heterocycles. The van der Waals surface area contributed by atoms with Crippen molar-refractivity contribution in [3.8, 4) is 0 Å². The fourth-order valence-corrected chi connectivity index (χ4v) is 4.03. The zero-order valence-electron chi connectivity index (χ0n) is 11.9. The fraction of sp³-hybridized carbons (Fsp3) is 0.938. The Morgan fingerprint density at radius 3 is 2.44 bits per heavy atom. The summed E-state index contributed by atoms with van der Waals surface area (Å²) in [4.78, 5) is 13.5. The number of fused-ring (bicyclic) bond motifs is 1. The highest BCUT2D eigenvalue weighted by Crippen LogP contribution is 2.39. The van der Waals surface area contributed by atoms with Gasteiger partial charge in [0, 0.05) is 24.5 Å². The van der Waals surface area contributed by atoms with Crippen LogP contribution in [0.3, 0.4) is 0 Å². The minimum Gasteiger partial charge on any atom is -0.303 e. The Kier molecular flexibility index (Phi) is 5.68. The molecule has 0 spiro atoms. The molecule has 0 saturated carbocycles. The maximum atomic E-state index is 10.8. The molecule has 0 aromatic carbocycles. The monoisotopic (exact) mass is 251 g/mol. The molecule has 0 aromatic rings. The van der Waals surface area contributed by atoms with Gasteiger partial charge in [-0.05, 0) is 32.1 Å². The molecular formula is C16H29NO. The summed E-state index contributed by atoms with van der Waals surface area (Å²) in [7, 11) is 0. The lowest BCUT2D eigenvalue weighted by atomic mass is 10.0. The molecule has 2 heteroatoms. The van der Waals surface area contributed by atoms with Crippen LogP contribution in [0.25, 0.3) is 0 Å². The molecule has 0 aromatic heterocycles. The van der Waals surface area contributed by atoms with Gasteiger partial charge < -0.3 is 4.79 Å². The lowest BCUT2D eigenvalue weighted by Crippen LogP contribution is -2.38. The summed E-state index contributed by atoms with van der Waals surface area (Å²) >= 11 is 0. The largest absolute Gasteiger partial charge is 0.303 e. The van der Waals surface area contributed by atoms with Crippen LogP contribution in [0.15, 0.2) is 0 Å². The smallest absolute Gasteiger partial charge is 0.121 e. The van der Waals surface area contributed by atoms with Gasteiger partial charge in [-0.25, -0.2) is 0 Å². The first-order valence-electron chi connectivity index (χ1n) is 8.08. The highest BCUT2D eigenvalue weighted by molar-refractivity contribution is 5.50. The predicted molar refractivity (Wildman–Crippen MR) is 75.7 cm³/mol. The second kappa shape index (κ2) is 7.28. The molecule has 104 valence electrons. The quantitative estimate of drug-likeness (QED) is 0.481.